The van der Waals surface area contributed by atoms with Crippen molar-refractivity contribution in [3.8, 4) is 22.6 Å². The summed E-state index contributed by atoms with van der Waals surface area (Å²) in [4.78, 5) is 28.0. The van der Waals surface area contributed by atoms with Crippen molar-refractivity contribution in [1.29, 1.82) is 0 Å². The van der Waals surface area contributed by atoms with E-state index in [0.29, 0.717) is 18.1 Å². The van der Waals surface area contributed by atoms with E-state index in [2.05, 4.69) is 5.32 Å². The molecule has 1 heterocycles. The number of hydrogen-bond acceptors (Lipinski definition) is 4. The third-order valence-electron chi connectivity index (χ3n) is 6.01. The SMILES string of the molecule is COc1ccc(-n2nc(C)c(-c3ccccc3)c2NC(=O)CN(CC(C)C)C(=O)c2ccccc2F)cc1. The van der Waals surface area contributed by atoms with Crippen LogP contribution in [0.1, 0.15) is 29.9 Å². The van der Waals surface area contributed by atoms with Crippen LogP contribution in [0, 0.1) is 18.7 Å². The molecule has 4 rings (SSSR count). The summed E-state index contributed by atoms with van der Waals surface area (Å²) in [6, 6.07) is 22.8. The van der Waals surface area contributed by atoms with Gasteiger partial charge in [0.05, 0.1) is 24.1 Å². The molecule has 2 amide bonds. The molecule has 0 spiro atoms. The Balaban J connectivity index is 1.70. The lowest BCUT2D eigenvalue weighted by Gasteiger charge is -2.24. The molecule has 0 aliphatic heterocycles. The van der Waals surface area contributed by atoms with Crippen LogP contribution in [0.25, 0.3) is 16.8 Å². The van der Waals surface area contributed by atoms with E-state index in [4.69, 9.17) is 9.84 Å². The molecule has 0 saturated carbocycles. The van der Waals surface area contributed by atoms with Crippen molar-refractivity contribution >= 4 is 17.6 Å². The highest BCUT2D eigenvalue weighted by Crippen LogP contribution is 2.33. The Morgan fingerprint density at radius 1 is 1.00 bits per heavy atom. The van der Waals surface area contributed by atoms with Crippen molar-refractivity contribution in [2.45, 2.75) is 20.8 Å². The van der Waals surface area contributed by atoms with Gasteiger partial charge in [0, 0.05) is 12.1 Å². The fourth-order valence-electron chi connectivity index (χ4n) is 4.31. The number of carbonyl (C=O) groups is 2. The van der Waals surface area contributed by atoms with Gasteiger partial charge in [0.2, 0.25) is 5.91 Å². The summed E-state index contributed by atoms with van der Waals surface area (Å²) in [6.45, 7) is 5.81. The molecule has 0 aliphatic rings. The normalized spacial score (nSPS) is 10.9. The highest BCUT2D eigenvalue weighted by molar-refractivity contribution is 6.01. The third-order valence-corrected chi connectivity index (χ3v) is 6.01. The Morgan fingerprint density at radius 2 is 1.66 bits per heavy atom. The van der Waals surface area contributed by atoms with Crippen LogP contribution in [-0.4, -0.2) is 46.7 Å². The average Bonchev–Trinajstić information content (AvgIpc) is 3.23. The summed E-state index contributed by atoms with van der Waals surface area (Å²) < 4.78 is 21.3. The standard InChI is InChI=1S/C30H31FN4O3/c1-20(2)18-34(30(37)25-12-8-9-13-26(25)31)19-27(36)32-29-28(22-10-6-5-7-11-22)21(3)33-35(29)23-14-16-24(38-4)17-15-23/h5-17,20H,18-19H2,1-4H3,(H,32,36). The van der Waals surface area contributed by atoms with Crippen molar-refractivity contribution in [3.05, 3.63) is 95.9 Å². The molecule has 0 bridgehead atoms. The summed E-state index contributed by atoms with van der Waals surface area (Å²) in [6.07, 6.45) is 0. The molecule has 38 heavy (non-hydrogen) atoms. The Hall–Kier alpha value is -4.46. The Kier molecular flexibility index (Phi) is 8.21. The highest BCUT2D eigenvalue weighted by atomic mass is 19.1. The fourth-order valence-corrected chi connectivity index (χ4v) is 4.31. The van der Waals surface area contributed by atoms with Gasteiger partial charge in [-0.2, -0.15) is 5.10 Å². The van der Waals surface area contributed by atoms with Gasteiger partial charge in [-0.1, -0.05) is 56.3 Å². The number of halogens is 1. The van der Waals surface area contributed by atoms with Crippen molar-refractivity contribution in [2.24, 2.45) is 5.92 Å². The number of anilines is 1. The summed E-state index contributed by atoms with van der Waals surface area (Å²) in [7, 11) is 1.59. The number of hydrogen-bond donors (Lipinski definition) is 1. The molecular formula is C30H31FN4O3. The molecular weight excluding hydrogens is 483 g/mol. The second-order valence-electron chi connectivity index (χ2n) is 9.39. The summed E-state index contributed by atoms with van der Waals surface area (Å²) >= 11 is 0. The number of methoxy groups -OCH3 is 1. The quantitative estimate of drug-likeness (QED) is 0.309. The summed E-state index contributed by atoms with van der Waals surface area (Å²) in [5.74, 6) is -0.317. The smallest absolute Gasteiger partial charge is 0.257 e. The van der Waals surface area contributed by atoms with Crippen LogP contribution < -0.4 is 10.1 Å². The van der Waals surface area contributed by atoms with Crippen molar-refractivity contribution in [3.63, 3.8) is 0 Å². The van der Waals surface area contributed by atoms with Gasteiger partial charge in [-0.05, 0) is 54.8 Å². The number of nitrogens with zero attached hydrogens (tertiary/aromatic N) is 3. The number of rotatable bonds is 9. The monoisotopic (exact) mass is 514 g/mol. The lowest BCUT2D eigenvalue weighted by molar-refractivity contribution is -0.117. The van der Waals surface area contributed by atoms with E-state index >= 15 is 0 Å². The van der Waals surface area contributed by atoms with Gasteiger partial charge in [0.1, 0.15) is 23.9 Å². The first-order chi connectivity index (χ1) is 18.3. The van der Waals surface area contributed by atoms with E-state index in [1.165, 1.54) is 23.1 Å². The topological polar surface area (TPSA) is 76.5 Å². The predicted molar refractivity (Wildman–Crippen MR) is 146 cm³/mol. The number of nitrogens with one attached hydrogen (secondary N) is 1. The molecule has 196 valence electrons. The van der Waals surface area contributed by atoms with Gasteiger partial charge in [0.15, 0.2) is 0 Å². The largest absolute Gasteiger partial charge is 0.497 e. The van der Waals surface area contributed by atoms with E-state index in [0.717, 1.165) is 22.5 Å². The zero-order valence-corrected chi connectivity index (χ0v) is 21.9. The second-order valence-corrected chi connectivity index (χ2v) is 9.39. The number of amides is 2. The third kappa shape index (κ3) is 5.91. The number of carbonyl (C=O) groups excluding carboxylic acids is 2. The molecule has 0 saturated heterocycles. The maximum atomic E-state index is 14.4. The van der Waals surface area contributed by atoms with Crippen molar-refractivity contribution in [2.75, 3.05) is 25.5 Å². The van der Waals surface area contributed by atoms with E-state index in [1.807, 2.05) is 75.4 Å². The van der Waals surface area contributed by atoms with Crippen molar-refractivity contribution in [1.82, 2.24) is 14.7 Å². The van der Waals surface area contributed by atoms with E-state index in [1.54, 1.807) is 17.9 Å². The van der Waals surface area contributed by atoms with Crippen LogP contribution in [0.15, 0.2) is 78.9 Å². The number of aryl methyl sites for hydroxylation is 1. The Labute approximate surface area is 221 Å². The number of benzene rings is 3. The number of aromatic nitrogens is 2. The predicted octanol–water partition coefficient (Wildman–Crippen LogP) is 5.73. The molecule has 4 aromatic rings. The molecule has 0 radical (unpaired) electrons. The van der Waals surface area contributed by atoms with Crippen LogP contribution in [0.5, 0.6) is 5.75 Å². The van der Waals surface area contributed by atoms with E-state index in [-0.39, 0.29) is 18.0 Å². The second kappa shape index (κ2) is 11.7. The minimum absolute atomic E-state index is 0.0648. The molecule has 1 aromatic heterocycles. The highest BCUT2D eigenvalue weighted by Gasteiger charge is 2.25. The number of ether oxygens (including phenoxy) is 1. The Bertz CT molecular complexity index is 1420. The van der Waals surface area contributed by atoms with E-state index < -0.39 is 17.6 Å². The van der Waals surface area contributed by atoms with Gasteiger partial charge in [-0.15, -0.1) is 0 Å². The first kappa shape index (κ1) is 26.6. The van der Waals surface area contributed by atoms with Crippen LogP contribution in [0.2, 0.25) is 0 Å². The Morgan fingerprint density at radius 3 is 2.29 bits per heavy atom. The van der Waals surface area contributed by atoms with Crippen LogP contribution in [0.3, 0.4) is 0 Å². The molecule has 0 aliphatic carbocycles. The molecule has 0 fully saturated rings. The zero-order chi connectivity index (χ0) is 27.2. The summed E-state index contributed by atoms with van der Waals surface area (Å²) in [5.41, 5.74) is 3.05. The fraction of sp³-hybridized carbons (Fsp3) is 0.233. The van der Waals surface area contributed by atoms with E-state index in [9.17, 15) is 14.0 Å². The van der Waals surface area contributed by atoms with Crippen LogP contribution in [-0.2, 0) is 4.79 Å². The lowest BCUT2D eigenvalue weighted by atomic mass is 10.1. The van der Waals surface area contributed by atoms with Crippen LogP contribution in [0.4, 0.5) is 10.2 Å². The molecule has 1 N–H and O–H groups in total. The molecule has 3 aromatic carbocycles. The minimum Gasteiger partial charge on any atom is -0.497 e. The van der Waals surface area contributed by atoms with Crippen LogP contribution >= 0.6 is 0 Å². The first-order valence-corrected chi connectivity index (χ1v) is 12.4. The maximum Gasteiger partial charge on any atom is 0.257 e. The van der Waals surface area contributed by atoms with Gasteiger partial charge >= 0.3 is 0 Å². The van der Waals surface area contributed by atoms with Gasteiger partial charge in [0.25, 0.3) is 5.91 Å². The lowest BCUT2D eigenvalue weighted by Crippen LogP contribution is -2.40. The molecule has 8 heteroatoms. The molecule has 0 unspecified atom stereocenters. The van der Waals surface area contributed by atoms with Gasteiger partial charge in [-0.3, -0.25) is 9.59 Å². The van der Waals surface area contributed by atoms with Gasteiger partial charge in [-0.25, -0.2) is 9.07 Å². The zero-order valence-electron chi connectivity index (χ0n) is 21.9. The van der Waals surface area contributed by atoms with Crippen molar-refractivity contribution < 1.29 is 18.7 Å². The average molecular weight is 515 g/mol. The summed E-state index contributed by atoms with van der Waals surface area (Å²) in [5, 5.41) is 7.71. The minimum atomic E-state index is -0.619. The molecule has 0 atom stereocenters. The first-order valence-electron chi connectivity index (χ1n) is 12.4. The molecule has 7 nitrogen and oxygen atoms in total. The maximum absolute atomic E-state index is 14.4. The van der Waals surface area contributed by atoms with Gasteiger partial charge < -0.3 is 15.0 Å².